The van der Waals surface area contributed by atoms with Crippen molar-refractivity contribution in [2.45, 2.75) is 6.92 Å². The number of anilines is 2. The van der Waals surface area contributed by atoms with E-state index in [9.17, 15) is 4.79 Å². The lowest BCUT2D eigenvalue weighted by Crippen LogP contribution is -2.45. The number of halogens is 1. The van der Waals surface area contributed by atoms with Gasteiger partial charge in [0.1, 0.15) is 5.69 Å². The summed E-state index contributed by atoms with van der Waals surface area (Å²) < 4.78 is 0. The smallest absolute Gasteiger partial charge is 0.274 e. The molecule has 0 bridgehead atoms. The van der Waals surface area contributed by atoms with Crippen LogP contribution in [0.15, 0.2) is 30.5 Å². The van der Waals surface area contributed by atoms with Crippen LogP contribution in [0.3, 0.4) is 0 Å². The van der Waals surface area contributed by atoms with Crippen LogP contribution >= 0.6 is 11.6 Å². The zero-order valence-electron chi connectivity index (χ0n) is 13.8. The van der Waals surface area contributed by atoms with Crippen molar-refractivity contribution in [2.24, 2.45) is 0 Å². The van der Waals surface area contributed by atoms with Gasteiger partial charge < -0.3 is 15.1 Å². The number of hydrogen-bond acceptors (Lipinski definition) is 5. The maximum Gasteiger partial charge on any atom is 0.274 e. The number of rotatable bonds is 3. The second-order valence-electron chi connectivity index (χ2n) is 5.90. The van der Waals surface area contributed by atoms with Crippen molar-refractivity contribution in [1.82, 2.24) is 14.9 Å². The summed E-state index contributed by atoms with van der Waals surface area (Å²) >= 11 is 6.09. The minimum absolute atomic E-state index is 0.266. The first-order valence-electron chi connectivity index (χ1n) is 7.87. The van der Waals surface area contributed by atoms with Crippen molar-refractivity contribution < 1.29 is 4.79 Å². The van der Waals surface area contributed by atoms with Gasteiger partial charge in [0.2, 0.25) is 5.95 Å². The Morgan fingerprint density at radius 3 is 2.71 bits per heavy atom. The molecule has 1 N–H and O–H groups in total. The SMILES string of the molecule is Cc1c(Cl)cccc1NC(=O)c1ccnc(N2CCN(C)CC2)n1. The molecule has 1 aromatic carbocycles. The van der Waals surface area contributed by atoms with Crippen molar-refractivity contribution in [1.29, 1.82) is 0 Å². The zero-order valence-corrected chi connectivity index (χ0v) is 14.5. The quantitative estimate of drug-likeness (QED) is 0.925. The summed E-state index contributed by atoms with van der Waals surface area (Å²) in [6.07, 6.45) is 1.63. The van der Waals surface area contributed by atoms with E-state index in [1.54, 1.807) is 24.4 Å². The minimum atomic E-state index is -0.266. The highest BCUT2D eigenvalue weighted by Gasteiger charge is 2.18. The monoisotopic (exact) mass is 345 g/mol. The largest absolute Gasteiger partial charge is 0.338 e. The lowest BCUT2D eigenvalue weighted by atomic mass is 10.2. The third-order valence-corrected chi connectivity index (χ3v) is 4.59. The highest BCUT2D eigenvalue weighted by molar-refractivity contribution is 6.31. The second kappa shape index (κ2) is 7.15. The Balaban J connectivity index is 1.76. The first kappa shape index (κ1) is 16.7. The summed E-state index contributed by atoms with van der Waals surface area (Å²) in [7, 11) is 2.09. The van der Waals surface area contributed by atoms with Crippen LogP contribution in [0.2, 0.25) is 5.02 Å². The average Bonchev–Trinajstić information content (AvgIpc) is 2.60. The van der Waals surface area contributed by atoms with Crippen molar-refractivity contribution >= 4 is 29.1 Å². The molecule has 1 saturated heterocycles. The van der Waals surface area contributed by atoms with Crippen LogP contribution in [0.1, 0.15) is 16.1 Å². The molecule has 0 radical (unpaired) electrons. The topological polar surface area (TPSA) is 61.4 Å². The van der Waals surface area contributed by atoms with Gasteiger partial charge in [-0.1, -0.05) is 17.7 Å². The van der Waals surface area contributed by atoms with Gasteiger partial charge in [0.05, 0.1) is 0 Å². The Morgan fingerprint density at radius 1 is 1.21 bits per heavy atom. The fourth-order valence-corrected chi connectivity index (χ4v) is 2.74. The molecule has 1 aliphatic heterocycles. The number of amides is 1. The molecule has 2 heterocycles. The molecule has 1 fully saturated rings. The molecule has 7 heteroatoms. The average molecular weight is 346 g/mol. The second-order valence-corrected chi connectivity index (χ2v) is 6.31. The van der Waals surface area contributed by atoms with Gasteiger partial charge in [0.25, 0.3) is 5.91 Å². The van der Waals surface area contributed by atoms with E-state index >= 15 is 0 Å². The Labute approximate surface area is 146 Å². The van der Waals surface area contributed by atoms with Gasteiger partial charge in [-0.05, 0) is 37.7 Å². The molecule has 0 saturated carbocycles. The normalized spacial score (nSPS) is 15.4. The van der Waals surface area contributed by atoms with Gasteiger partial charge >= 0.3 is 0 Å². The van der Waals surface area contributed by atoms with Crippen molar-refractivity contribution in [3.8, 4) is 0 Å². The molecule has 2 aromatic rings. The number of benzene rings is 1. The van der Waals surface area contributed by atoms with E-state index in [4.69, 9.17) is 11.6 Å². The number of aromatic nitrogens is 2. The van der Waals surface area contributed by atoms with Gasteiger partial charge in [-0.15, -0.1) is 0 Å². The van der Waals surface area contributed by atoms with E-state index in [-0.39, 0.29) is 5.91 Å². The molecule has 1 aromatic heterocycles. The van der Waals surface area contributed by atoms with Gasteiger partial charge in [-0.3, -0.25) is 4.79 Å². The van der Waals surface area contributed by atoms with Crippen molar-refractivity contribution in [2.75, 3.05) is 43.4 Å². The summed E-state index contributed by atoms with van der Waals surface area (Å²) in [6.45, 7) is 5.50. The summed E-state index contributed by atoms with van der Waals surface area (Å²) in [4.78, 5) is 25.6. The first-order chi connectivity index (χ1) is 11.5. The molecule has 24 heavy (non-hydrogen) atoms. The molecular formula is C17H20ClN5O. The van der Waals surface area contributed by atoms with E-state index in [0.29, 0.717) is 22.4 Å². The van der Waals surface area contributed by atoms with E-state index in [2.05, 4.69) is 32.1 Å². The lowest BCUT2D eigenvalue weighted by Gasteiger charge is -2.32. The Bertz CT molecular complexity index is 744. The molecule has 3 rings (SSSR count). The number of hydrogen-bond donors (Lipinski definition) is 1. The predicted molar refractivity (Wildman–Crippen MR) is 95.9 cm³/mol. The highest BCUT2D eigenvalue weighted by Crippen LogP contribution is 2.23. The Hall–Kier alpha value is -2.18. The molecule has 0 atom stereocenters. The lowest BCUT2D eigenvalue weighted by molar-refractivity contribution is 0.102. The number of nitrogens with one attached hydrogen (secondary N) is 1. The highest BCUT2D eigenvalue weighted by atomic mass is 35.5. The minimum Gasteiger partial charge on any atom is -0.338 e. The van der Waals surface area contributed by atoms with Crippen LogP contribution in [0.4, 0.5) is 11.6 Å². The number of carbonyl (C=O) groups is 1. The number of nitrogens with zero attached hydrogens (tertiary/aromatic N) is 4. The van der Waals surface area contributed by atoms with Crippen LogP contribution in [0.5, 0.6) is 0 Å². The predicted octanol–water partition coefficient (Wildman–Crippen LogP) is 2.44. The summed E-state index contributed by atoms with van der Waals surface area (Å²) in [5, 5.41) is 3.48. The number of piperazine rings is 1. The first-order valence-corrected chi connectivity index (χ1v) is 8.25. The fourth-order valence-electron chi connectivity index (χ4n) is 2.56. The summed E-state index contributed by atoms with van der Waals surface area (Å²) in [5.74, 6) is 0.330. The van der Waals surface area contributed by atoms with E-state index in [1.807, 2.05) is 13.0 Å². The number of likely N-dealkylation sites (N-methyl/N-ethyl adjacent to an activating group) is 1. The molecule has 6 nitrogen and oxygen atoms in total. The van der Waals surface area contributed by atoms with Gasteiger partial charge in [-0.2, -0.15) is 0 Å². The van der Waals surface area contributed by atoms with Gasteiger partial charge in [0.15, 0.2) is 0 Å². The van der Waals surface area contributed by atoms with E-state index < -0.39 is 0 Å². The zero-order chi connectivity index (χ0) is 17.1. The van der Waals surface area contributed by atoms with Gasteiger partial charge in [-0.25, -0.2) is 9.97 Å². The van der Waals surface area contributed by atoms with Crippen LogP contribution in [-0.2, 0) is 0 Å². The van der Waals surface area contributed by atoms with Crippen molar-refractivity contribution in [3.63, 3.8) is 0 Å². The maximum absolute atomic E-state index is 12.5. The summed E-state index contributed by atoms with van der Waals surface area (Å²) in [5.41, 5.74) is 1.87. The molecule has 1 aliphatic rings. The van der Waals surface area contributed by atoms with Crippen LogP contribution < -0.4 is 10.2 Å². The molecule has 0 aliphatic carbocycles. The molecule has 0 unspecified atom stereocenters. The molecule has 126 valence electrons. The standard InChI is InChI=1S/C17H20ClN5O/c1-12-13(18)4-3-5-14(12)20-16(24)15-6-7-19-17(21-15)23-10-8-22(2)9-11-23/h3-7H,8-11H2,1-2H3,(H,20,24). The Morgan fingerprint density at radius 2 is 1.96 bits per heavy atom. The third kappa shape index (κ3) is 3.66. The van der Waals surface area contributed by atoms with Crippen LogP contribution in [-0.4, -0.2) is 54.0 Å². The Kier molecular flexibility index (Phi) is 4.97. The van der Waals surface area contributed by atoms with E-state index in [0.717, 1.165) is 31.7 Å². The van der Waals surface area contributed by atoms with Crippen molar-refractivity contribution in [3.05, 3.63) is 46.7 Å². The van der Waals surface area contributed by atoms with Crippen LogP contribution in [0.25, 0.3) is 0 Å². The molecular weight excluding hydrogens is 326 g/mol. The fraction of sp³-hybridized carbons (Fsp3) is 0.353. The van der Waals surface area contributed by atoms with Crippen LogP contribution in [0, 0.1) is 6.92 Å². The maximum atomic E-state index is 12.5. The van der Waals surface area contributed by atoms with E-state index in [1.165, 1.54) is 0 Å². The molecule has 1 amide bonds. The molecule has 0 spiro atoms. The third-order valence-electron chi connectivity index (χ3n) is 4.18. The summed E-state index contributed by atoms with van der Waals surface area (Å²) in [6, 6.07) is 7.04. The van der Waals surface area contributed by atoms with Gasteiger partial charge in [0, 0.05) is 43.1 Å². The number of carbonyl (C=O) groups excluding carboxylic acids is 1.